The van der Waals surface area contributed by atoms with Gasteiger partial charge in [0, 0.05) is 23.0 Å². The number of methoxy groups -OCH3 is 2. The number of amides is 2. The summed E-state index contributed by atoms with van der Waals surface area (Å²) in [5.74, 6) is 0.434. The average molecular weight is 442 g/mol. The molecule has 2 amide bonds. The van der Waals surface area contributed by atoms with E-state index in [0.29, 0.717) is 33.3 Å². The molecule has 0 saturated carbocycles. The molecule has 0 aliphatic rings. The fourth-order valence-electron chi connectivity index (χ4n) is 2.51. The summed E-state index contributed by atoms with van der Waals surface area (Å²) in [7, 11) is 3.02. The molecular formula is C21H19N3O4S2. The first-order valence-corrected chi connectivity index (χ1v) is 10.1. The Morgan fingerprint density at radius 3 is 2.00 bits per heavy atom. The van der Waals surface area contributed by atoms with E-state index in [2.05, 4.69) is 16.0 Å². The Hall–Kier alpha value is -3.43. The lowest BCUT2D eigenvalue weighted by Crippen LogP contribution is -2.34. The highest BCUT2D eigenvalue weighted by atomic mass is 32.1. The van der Waals surface area contributed by atoms with Gasteiger partial charge in [-0.3, -0.25) is 14.9 Å². The van der Waals surface area contributed by atoms with E-state index in [9.17, 15) is 9.59 Å². The molecule has 1 heterocycles. The number of carbonyl (C=O) groups excluding carboxylic acids is 2. The first kappa shape index (κ1) is 21.3. The largest absolute Gasteiger partial charge is 0.497 e. The van der Waals surface area contributed by atoms with Crippen molar-refractivity contribution >= 4 is 51.9 Å². The number of hydrogen-bond donors (Lipinski definition) is 3. The zero-order valence-corrected chi connectivity index (χ0v) is 17.9. The zero-order valence-electron chi connectivity index (χ0n) is 16.2. The molecule has 9 heteroatoms. The maximum Gasteiger partial charge on any atom is 0.265 e. The van der Waals surface area contributed by atoms with Crippen molar-refractivity contribution in [1.82, 2.24) is 5.32 Å². The highest BCUT2D eigenvalue weighted by Gasteiger charge is 2.12. The molecule has 0 spiro atoms. The van der Waals surface area contributed by atoms with Gasteiger partial charge in [0.2, 0.25) is 0 Å². The van der Waals surface area contributed by atoms with Gasteiger partial charge in [0.05, 0.1) is 19.1 Å². The number of nitrogens with one attached hydrogen (secondary N) is 3. The number of ether oxygens (including phenoxy) is 2. The van der Waals surface area contributed by atoms with Crippen LogP contribution in [0.2, 0.25) is 0 Å². The molecule has 7 nitrogen and oxygen atoms in total. The van der Waals surface area contributed by atoms with E-state index in [1.54, 1.807) is 48.5 Å². The lowest BCUT2D eigenvalue weighted by molar-refractivity contribution is 0.0975. The molecule has 0 fully saturated rings. The highest BCUT2D eigenvalue weighted by Crippen LogP contribution is 2.22. The van der Waals surface area contributed by atoms with E-state index in [1.165, 1.54) is 25.6 Å². The van der Waals surface area contributed by atoms with E-state index in [1.807, 2.05) is 11.4 Å². The number of anilines is 2. The van der Waals surface area contributed by atoms with Crippen LogP contribution in [0.15, 0.2) is 60.0 Å². The second kappa shape index (κ2) is 9.86. The van der Waals surface area contributed by atoms with Gasteiger partial charge in [-0.1, -0.05) is 6.07 Å². The van der Waals surface area contributed by atoms with Crippen molar-refractivity contribution in [1.29, 1.82) is 0 Å². The van der Waals surface area contributed by atoms with E-state index in [-0.39, 0.29) is 11.0 Å². The van der Waals surface area contributed by atoms with Crippen LogP contribution in [-0.2, 0) is 0 Å². The van der Waals surface area contributed by atoms with Gasteiger partial charge < -0.3 is 20.1 Å². The van der Waals surface area contributed by atoms with Gasteiger partial charge in [-0.15, -0.1) is 11.3 Å². The molecule has 1 aromatic heterocycles. The van der Waals surface area contributed by atoms with Gasteiger partial charge in [0.25, 0.3) is 11.8 Å². The molecule has 3 aromatic rings. The van der Waals surface area contributed by atoms with Crippen molar-refractivity contribution in [3.05, 3.63) is 70.4 Å². The van der Waals surface area contributed by atoms with Gasteiger partial charge in [0.1, 0.15) is 11.5 Å². The molecule has 30 heavy (non-hydrogen) atoms. The molecule has 0 radical (unpaired) electrons. The lowest BCUT2D eigenvalue weighted by Gasteiger charge is -2.12. The number of rotatable bonds is 6. The number of thiophene rings is 1. The second-order valence-corrected chi connectivity index (χ2v) is 7.37. The molecule has 154 valence electrons. The fourth-order valence-corrected chi connectivity index (χ4v) is 3.34. The van der Waals surface area contributed by atoms with Crippen LogP contribution in [0.3, 0.4) is 0 Å². The molecule has 0 bridgehead atoms. The minimum Gasteiger partial charge on any atom is -0.497 e. The van der Waals surface area contributed by atoms with Crippen molar-refractivity contribution in [2.45, 2.75) is 0 Å². The maximum atomic E-state index is 12.5. The third-order valence-electron chi connectivity index (χ3n) is 3.99. The predicted molar refractivity (Wildman–Crippen MR) is 122 cm³/mol. The third-order valence-corrected chi connectivity index (χ3v) is 5.06. The average Bonchev–Trinajstić information content (AvgIpc) is 3.29. The number of hydrogen-bond acceptors (Lipinski definition) is 6. The van der Waals surface area contributed by atoms with Crippen LogP contribution < -0.4 is 25.4 Å². The molecule has 0 aliphatic carbocycles. The molecule has 3 rings (SSSR count). The van der Waals surface area contributed by atoms with Crippen LogP contribution in [0.25, 0.3) is 0 Å². The second-order valence-electron chi connectivity index (χ2n) is 6.02. The first-order chi connectivity index (χ1) is 14.5. The number of thiocarbonyl (C=S) groups is 1. The number of benzene rings is 2. The van der Waals surface area contributed by atoms with E-state index < -0.39 is 5.91 Å². The van der Waals surface area contributed by atoms with Crippen LogP contribution in [0.5, 0.6) is 11.5 Å². The van der Waals surface area contributed by atoms with Crippen molar-refractivity contribution in [2.75, 3.05) is 24.9 Å². The summed E-state index contributed by atoms with van der Waals surface area (Å²) in [5, 5.41) is 10.3. The first-order valence-electron chi connectivity index (χ1n) is 8.79. The van der Waals surface area contributed by atoms with Crippen molar-refractivity contribution in [3.63, 3.8) is 0 Å². The Morgan fingerprint density at radius 2 is 1.47 bits per heavy atom. The zero-order chi connectivity index (χ0) is 21.5. The molecular weight excluding hydrogens is 422 g/mol. The van der Waals surface area contributed by atoms with Gasteiger partial charge in [-0.25, -0.2) is 0 Å². The SMILES string of the molecule is COc1cc(OC)cc(C(=O)NC(=S)Nc2ccc(NC(=O)c3cccs3)cc2)c1. The highest BCUT2D eigenvalue weighted by molar-refractivity contribution is 7.80. The minimum absolute atomic E-state index is 0.136. The molecule has 0 saturated heterocycles. The smallest absolute Gasteiger partial charge is 0.265 e. The monoisotopic (exact) mass is 441 g/mol. The van der Waals surface area contributed by atoms with E-state index in [0.717, 1.165) is 0 Å². The van der Waals surface area contributed by atoms with Crippen LogP contribution in [0, 0.1) is 0 Å². The Balaban J connectivity index is 1.58. The molecule has 2 aromatic carbocycles. The fraction of sp³-hybridized carbons (Fsp3) is 0.0952. The maximum absolute atomic E-state index is 12.5. The Labute approximate surface area is 183 Å². The quantitative estimate of drug-likeness (QED) is 0.498. The molecule has 0 atom stereocenters. The predicted octanol–water partition coefficient (Wildman–Crippen LogP) is 4.14. The van der Waals surface area contributed by atoms with Crippen LogP contribution in [0.4, 0.5) is 11.4 Å². The summed E-state index contributed by atoms with van der Waals surface area (Å²) in [6, 6.07) is 15.4. The Morgan fingerprint density at radius 1 is 0.867 bits per heavy atom. The summed E-state index contributed by atoms with van der Waals surface area (Å²) >= 11 is 6.59. The summed E-state index contributed by atoms with van der Waals surface area (Å²) in [5.41, 5.74) is 1.66. The van der Waals surface area contributed by atoms with Gasteiger partial charge in [-0.2, -0.15) is 0 Å². The topological polar surface area (TPSA) is 88.7 Å². The summed E-state index contributed by atoms with van der Waals surface area (Å²) in [6.45, 7) is 0. The summed E-state index contributed by atoms with van der Waals surface area (Å²) in [6.07, 6.45) is 0. The van der Waals surface area contributed by atoms with Crippen LogP contribution in [-0.4, -0.2) is 31.1 Å². The van der Waals surface area contributed by atoms with Crippen molar-refractivity contribution in [3.8, 4) is 11.5 Å². The Kier molecular flexibility index (Phi) is 6.99. The van der Waals surface area contributed by atoms with Crippen LogP contribution >= 0.6 is 23.6 Å². The lowest BCUT2D eigenvalue weighted by atomic mass is 10.2. The summed E-state index contributed by atoms with van der Waals surface area (Å²) in [4.78, 5) is 25.2. The number of carbonyl (C=O) groups is 2. The standard InChI is InChI=1S/C21H19N3O4S2/c1-27-16-10-13(11-17(12-16)28-2)19(25)24-21(29)23-15-7-5-14(6-8-15)22-20(26)18-4-3-9-30-18/h3-12H,1-2H3,(H,22,26)(H2,23,24,25,29). The molecule has 0 aliphatic heterocycles. The summed E-state index contributed by atoms with van der Waals surface area (Å²) < 4.78 is 10.3. The van der Waals surface area contributed by atoms with Gasteiger partial charge in [-0.05, 0) is 60.1 Å². The van der Waals surface area contributed by atoms with Crippen molar-refractivity contribution in [2.24, 2.45) is 0 Å². The van der Waals surface area contributed by atoms with Crippen LogP contribution in [0.1, 0.15) is 20.0 Å². The van der Waals surface area contributed by atoms with E-state index >= 15 is 0 Å². The minimum atomic E-state index is -0.399. The molecule has 3 N–H and O–H groups in total. The van der Waals surface area contributed by atoms with E-state index in [4.69, 9.17) is 21.7 Å². The van der Waals surface area contributed by atoms with Gasteiger partial charge >= 0.3 is 0 Å². The molecule has 0 unspecified atom stereocenters. The van der Waals surface area contributed by atoms with Gasteiger partial charge in [0.15, 0.2) is 5.11 Å². The third kappa shape index (κ3) is 5.56. The normalized spacial score (nSPS) is 10.1. The Bertz CT molecular complexity index is 1030. The van der Waals surface area contributed by atoms with Crippen molar-refractivity contribution < 1.29 is 19.1 Å².